The van der Waals surface area contributed by atoms with Crippen molar-refractivity contribution in [3.63, 3.8) is 0 Å². The number of rotatable bonds is 7. The number of alkyl halides is 3. The average Bonchev–Trinajstić information content (AvgIpc) is 2.74. The summed E-state index contributed by atoms with van der Waals surface area (Å²) in [6.07, 6.45) is -4.41. The van der Waals surface area contributed by atoms with Gasteiger partial charge in [0.1, 0.15) is 0 Å². The minimum atomic E-state index is -4.41. The number of carbonyl (C=O) groups excluding carboxylic acids is 1. The fourth-order valence-corrected chi connectivity index (χ4v) is 3.80. The smallest absolute Gasteiger partial charge is 0.369 e. The largest absolute Gasteiger partial charge is 0.416 e. The van der Waals surface area contributed by atoms with Crippen LogP contribution in [0.1, 0.15) is 18.1 Å². The fraction of sp³-hybridized carbons (Fsp3) is 0.435. The first-order valence-electron chi connectivity index (χ1n) is 10.5. The zero-order chi connectivity index (χ0) is 22.4. The van der Waals surface area contributed by atoms with E-state index in [0.29, 0.717) is 5.69 Å². The monoisotopic (exact) mass is 434 g/mol. The number of nitrogens with zero attached hydrogens (tertiary/aromatic N) is 3. The lowest BCUT2D eigenvalue weighted by atomic mass is 10.1. The quantitative estimate of drug-likeness (QED) is 0.717. The predicted molar refractivity (Wildman–Crippen MR) is 117 cm³/mol. The maximum absolute atomic E-state index is 13.1. The number of nitrogens with one attached hydrogen (secondary N) is 1. The van der Waals surface area contributed by atoms with E-state index in [1.54, 1.807) is 18.0 Å². The highest BCUT2D eigenvalue weighted by molar-refractivity contribution is 5.92. The van der Waals surface area contributed by atoms with Crippen molar-refractivity contribution in [1.29, 1.82) is 0 Å². The number of amides is 1. The second-order valence-corrected chi connectivity index (χ2v) is 7.84. The zero-order valence-electron chi connectivity index (χ0n) is 18.0. The van der Waals surface area contributed by atoms with E-state index in [9.17, 15) is 18.0 Å². The van der Waals surface area contributed by atoms with Gasteiger partial charge in [-0.2, -0.15) is 13.2 Å². The molecule has 2 aromatic rings. The number of anilines is 2. The molecule has 0 spiro atoms. The van der Waals surface area contributed by atoms with E-state index in [-0.39, 0.29) is 24.6 Å². The standard InChI is InChI=1S/C23H29F3N4O/c1-3-29-12-14-30(15-13-29)20-10-8-19(9-11-20)27-22(31)17-28(2)16-18-6-4-5-7-21(18)23(24,25)26/h4-11H,3,12-17H2,1-2H3,(H,27,31). The summed E-state index contributed by atoms with van der Waals surface area (Å²) in [4.78, 5) is 18.7. The first kappa shape index (κ1) is 23.1. The third-order valence-corrected chi connectivity index (χ3v) is 5.51. The summed E-state index contributed by atoms with van der Waals surface area (Å²) in [5.41, 5.74) is 1.27. The van der Waals surface area contributed by atoms with E-state index in [2.05, 4.69) is 22.0 Å². The van der Waals surface area contributed by atoms with Gasteiger partial charge in [-0.1, -0.05) is 25.1 Å². The van der Waals surface area contributed by atoms with E-state index in [1.807, 2.05) is 24.3 Å². The number of hydrogen-bond donors (Lipinski definition) is 1. The molecule has 1 heterocycles. The first-order chi connectivity index (χ1) is 14.8. The van der Waals surface area contributed by atoms with Crippen LogP contribution < -0.4 is 10.2 Å². The Balaban J connectivity index is 1.52. The predicted octanol–water partition coefficient (Wildman–Crippen LogP) is 3.92. The van der Waals surface area contributed by atoms with Crippen molar-refractivity contribution < 1.29 is 18.0 Å². The Morgan fingerprint density at radius 2 is 1.68 bits per heavy atom. The van der Waals surface area contributed by atoms with Crippen LogP contribution in [0.15, 0.2) is 48.5 Å². The van der Waals surface area contributed by atoms with Crippen molar-refractivity contribution in [2.45, 2.75) is 19.6 Å². The molecule has 2 aromatic carbocycles. The SMILES string of the molecule is CCN1CCN(c2ccc(NC(=O)CN(C)Cc3ccccc3C(F)(F)F)cc2)CC1. The molecule has 0 saturated carbocycles. The maximum Gasteiger partial charge on any atom is 0.416 e. The molecule has 1 aliphatic rings. The number of benzene rings is 2. The van der Waals surface area contributed by atoms with Crippen molar-refractivity contribution in [3.8, 4) is 0 Å². The lowest BCUT2D eigenvalue weighted by Crippen LogP contribution is -2.46. The topological polar surface area (TPSA) is 38.8 Å². The molecule has 0 aromatic heterocycles. The van der Waals surface area contributed by atoms with Crippen molar-refractivity contribution >= 4 is 17.3 Å². The molecule has 0 aliphatic carbocycles. The average molecular weight is 435 g/mol. The molecule has 0 atom stereocenters. The van der Waals surface area contributed by atoms with Crippen molar-refractivity contribution in [1.82, 2.24) is 9.80 Å². The molecular formula is C23H29F3N4O. The van der Waals surface area contributed by atoms with Crippen molar-refractivity contribution in [2.75, 3.05) is 56.5 Å². The Morgan fingerprint density at radius 1 is 1.03 bits per heavy atom. The third-order valence-electron chi connectivity index (χ3n) is 5.51. The lowest BCUT2D eigenvalue weighted by molar-refractivity contribution is -0.138. The van der Waals surface area contributed by atoms with E-state index in [4.69, 9.17) is 0 Å². The van der Waals surface area contributed by atoms with Crippen LogP contribution in [-0.2, 0) is 17.5 Å². The Hall–Kier alpha value is -2.58. The summed E-state index contributed by atoms with van der Waals surface area (Å²) in [7, 11) is 1.63. The number of piperazine rings is 1. The summed E-state index contributed by atoms with van der Waals surface area (Å²) in [6, 6.07) is 13.1. The molecule has 1 saturated heterocycles. The summed E-state index contributed by atoms with van der Waals surface area (Å²) in [5.74, 6) is -0.267. The molecule has 1 aliphatic heterocycles. The van der Waals surface area contributed by atoms with Gasteiger partial charge in [-0.05, 0) is 49.5 Å². The van der Waals surface area contributed by atoms with Gasteiger partial charge in [0.2, 0.25) is 5.91 Å². The van der Waals surface area contributed by atoms with Crippen molar-refractivity contribution in [2.24, 2.45) is 0 Å². The summed E-state index contributed by atoms with van der Waals surface area (Å²) in [6.45, 7) is 7.29. The Morgan fingerprint density at radius 3 is 2.29 bits per heavy atom. The van der Waals surface area contributed by atoms with E-state index >= 15 is 0 Å². The molecule has 8 heteroatoms. The molecule has 0 bridgehead atoms. The van der Waals surface area contributed by atoms with Crippen LogP contribution in [-0.4, -0.2) is 62.0 Å². The molecular weight excluding hydrogens is 405 g/mol. The number of likely N-dealkylation sites (N-methyl/N-ethyl adjacent to an activating group) is 2. The summed E-state index contributed by atoms with van der Waals surface area (Å²) < 4.78 is 39.4. The molecule has 31 heavy (non-hydrogen) atoms. The Bertz CT molecular complexity index is 862. The van der Waals surface area contributed by atoms with Crippen LogP contribution in [0.3, 0.4) is 0 Å². The first-order valence-corrected chi connectivity index (χ1v) is 10.5. The van der Waals surface area contributed by atoms with Crippen LogP contribution in [0.25, 0.3) is 0 Å². The highest BCUT2D eigenvalue weighted by Crippen LogP contribution is 2.32. The Labute approximate surface area is 181 Å². The van der Waals surface area contributed by atoms with Gasteiger partial charge in [-0.15, -0.1) is 0 Å². The highest BCUT2D eigenvalue weighted by atomic mass is 19.4. The third kappa shape index (κ3) is 6.45. The van der Waals surface area contributed by atoms with Crippen molar-refractivity contribution in [3.05, 3.63) is 59.7 Å². The van der Waals surface area contributed by atoms with Gasteiger partial charge >= 0.3 is 6.18 Å². The number of hydrogen-bond acceptors (Lipinski definition) is 4. The van der Waals surface area contributed by atoms with E-state index < -0.39 is 11.7 Å². The van der Waals surface area contributed by atoms with Crippen LogP contribution in [0.5, 0.6) is 0 Å². The molecule has 0 unspecified atom stereocenters. The van der Waals surface area contributed by atoms with Gasteiger partial charge in [-0.25, -0.2) is 0 Å². The minimum absolute atomic E-state index is 0.00702. The second-order valence-electron chi connectivity index (χ2n) is 7.84. The zero-order valence-corrected chi connectivity index (χ0v) is 18.0. The lowest BCUT2D eigenvalue weighted by Gasteiger charge is -2.35. The van der Waals surface area contributed by atoms with Crippen LogP contribution in [0.2, 0.25) is 0 Å². The normalized spacial score (nSPS) is 15.4. The van der Waals surface area contributed by atoms with Gasteiger partial charge in [0.15, 0.2) is 0 Å². The second kappa shape index (κ2) is 10.2. The fourth-order valence-electron chi connectivity index (χ4n) is 3.80. The molecule has 1 fully saturated rings. The maximum atomic E-state index is 13.1. The molecule has 168 valence electrons. The van der Waals surface area contributed by atoms with Gasteiger partial charge in [0, 0.05) is 44.1 Å². The molecule has 1 N–H and O–H groups in total. The van der Waals surface area contributed by atoms with Gasteiger partial charge in [0.25, 0.3) is 0 Å². The van der Waals surface area contributed by atoms with E-state index in [0.717, 1.165) is 44.5 Å². The van der Waals surface area contributed by atoms with Gasteiger partial charge in [-0.3, -0.25) is 9.69 Å². The molecule has 3 rings (SSSR count). The molecule has 0 radical (unpaired) electrons. The van der Waals surface area contributed by atoms with Gasteiger partial charge in [0.05, 0.1) is 12.1 Å². The van der Waals surface area contributed by atoms with E-state index in [1.165, 1.54) is 12.1 Å². The van der Waals surface area contributed by atoms with Crippen LogP contribution in [0.4, 0.5) is 24.5 Å². The van der Waals surface area contributed by atoms with Crippen LogP contribution in [0, 0.1) is 0 Å². The number of carbonyl (C=O) groups is 1. The minimum Gasteiger partial charge on any atom is -0.369 e. The summed E-state index contributed by atoms with van der Waals surface area (Å²) >= 11 is 0. The van der Waals surface area contributed by atoms with Crippen LogP contribution >= 0.6 is 0 Å². The Kier molecular flexibility index (Phi) is 7.56. The summed E-state index contributed by atoms with van der Waals surface area (Å²) in [5, 5.41) is 2.82. The molecule has 1 amide bonds. The number of halogens is 3. The highest BCUT2D eigenvalue weighted by Gasteiger charge is 2.33. The van der Waals surface area contributed by atoms with Gasteiger partial charge < -0.3 is 15.1 Å². The molecule has 5 nitrogen and oxygen atoms in total.